The third-order valence-electron chi connectivity index (χ3n) is 8.92. The molecule has 0 radical (unpaired) electrons. The lowest BCUT2D eigenvalue weighted by molar-refractivity contribution is -0.156. The summed E-state index contributed by atoms with van der Waals surface area (Å²) in [5.74, 6) is -2.75. The standard InChI is InChI=1S/C37H49N5O5/c1-2-3-4-5-6-7-8-9-10-13-22-38-34(43)30-18-16-28(17-19-30)26-42(36(45)37(46)47)27-29-20-23-41(24-21-29)35(44)33-25-39-31-14-11-12-15-32(31)40-33/h11-12,14-19,25,29H,2-10,13,20-24,26-27H2,1H3,(H,38,43)(H,46,47). The van der Waals surface area contributed by atoms with Crippen molar-refractivity contribution in [3.05, 3.63) is 71.5 Å². The van der Waals surface area contributed by atoms with E-state index < -0.39 is 11.9 Å². The van der Waals surface area contributed by atoms with Crippen molar-refractivity contribution >= 4 is 34.7 Å². The Labute approximate surface area is 278 Å². The minimum absolute atomic E-state index is 0.0425. The molecule has 1 aliphatic heterocycles. The number of unbranched alkanes of at least 4 members (excludes halogenated alkanes) is 9. The summed E-state index contributed by atoms with van der Waals surface area (Å²) in [6.45, 7) is 4.23. The smallest absolute Gasteiger partial charge is 0.394 e. The number of fused-ring (bicyclic) bond motifs is 1. The molecule has 0 unspecified atom stereocenters. The molecule has 0 bridgehead atoms. The van der Waals surface area contributed by atoms with E-state index in [9.17, 15) is 24.3 Å². The lowest BCUT2D eigenvalue weighted by atomic mass is 9.95. The van der Waals surface area contributed by atoms with Crippen LogP contribution in [-0.2, 0) is 16.1 Å². The predicted molar refractivity (Wildman–Crippen MR) is 182 cm³/mol. The Morgan fingerprint density at radius 3 is 2.11 bits per heavy atom. The molecule has 1 saturated heterocycles. The van der Waals surface area contributed by atoms with E-state index in [0.717, 1.165) is 23.9 Å². The molecule has 4 rings (SSSR count). The second-order valence-corrected chi connectivity index (χ2v) is 12.6. The van der Waals surface area contributed by atoms with Crippen LogP contribution in [-0.4, -0.2) is 74.7 Å². The SMILES string of the molecule is CCCCCCCCCCCCNC(=O)c1ccc(CN(CC2CCN(C(=O)c3cnc4ccccc4n3)CC2)C(=O)C(=O)O)cc1. The van der Waals surface area contributed by atoms with Crippen molar-refractivity contribution in [3.8, 4) is 0 Å². The van der Waals surface area contributed by atoms with Crippen LogP contribution in [0.15, 0.2) is 54.7 Å². The zero-order valence-electron chi connectivity index (χ0n) is 27.7. The van der Waals surface area contributed by atoms with Gasteiger partial charge in [-0.15, -0.1) is 0 Å². The first-order valence-corrected chi connectivity index (χ1v) is 17.3. The zero-order chi connectivity index (χ0) is 33.4. The largest absolute Gasteiger partial charge is 0.474 e. The van der Waals surface area contributed by atoms with Gasteiger partial charge in [0.1, 0.15) is 5.69 Å². The topological polar surface area (TPSA) is 133 Å². The molecule has 47 heavy (non-hydrogen) atoms. The van der Waals surface area contributed by atoms with Crippen LogP contribution in [0.2, 0.25) is 0 Å². The molecule has 2 N–H and O–H groups in total. The highest BCUT2D eigenvalue weighted by molar-refractivity contribution is 6.31. The number of likely N-dealkylation sites (tertiary alicyclic amines) is 1. The van der Waals surface area contributed by atoms with E-state index in [-0.39, 0.29) is 30.8 Å². The molecule has 0 atom stereocenters. The monoisotopic (exact) mass is 643 g/mol. The minimum atomic E-state index is -1.50. The zero-order valence-corrected chi connectivity index (χ0v) is 27.7. The Morgan fingerprint density at radius 1 is 0.851 bits per heavy atom. The summed E-state index contributed by atoms with van der Waals surface area (Å²) in [5.41, 5.74) is 2.96. The number of carboxylic acid groups (broad SMARTS) is 1. The number of benzene rings is 2. The number of piperidine rings is 1. The highest BCUT2D eigenvalue weighted by atomic mass is 16.4. The Kier molecular flexibility index (Phi) is 14.1. The molecular weight excluding hydrogens is 594 g/mol. The number of aromatic nitrogens is 2. The number of aliphatic carboxylic acids is 1. The third-order valence-corrected chi connectivity index (χ3v) is 8.92. The van der Waals surface area contributed by atoms with Gasteiger partial charge >= 0.3 is 11.9 Å². The first kappa shape index (κ1) is 35.5. The van der Waals surface area contributed by atoms with Crippen LogP contribution in [0.25, 0.3) is 11.0 Å². The van der Waals surface area contributed by atoms with Gasteiger partial charge in [0.15, 0.2) is 0 Å². The van der Waals surface area contributed by atoms with Crippen LogP contribution >= 0.6 is 0 Å². The maximum atomic E-state index is 13.1. The van der Waals surface area contributed by atoms with Crippen LogP contribution in [0.3, 0.4) is 0 Å². The van der Waals surface area contributed by atoms with Gasteiger partial charge in [-0.05, 0) is 55.0 Å². The van der Waals surface area contributed by atoms with Crippen molar-refractivity contribution in [1.29, 1.82) is 0 Å². The molecule has 252 valence electrons. The lowest BCUT2D eigenvalue weighted by Crippen LogP contribution is -2.44. The van der Waals surface area contributed by atoms with E-state index >= 15 is 0 Å². The van der Waals surface area contributed by atoms with Gasteiger partial charge in [0, 0.05) is 38.3 Å². The second-order valence-electron chi connectivity index (χ2n) is 12.6. The fourth-order valence-corrected chi connectivity index (χ4v) is 6.11. The summed E-state index contributed by atoms with van der Waals surface area (Å²) in [6.07, 6.45) is 15.2. The molecule has 0 saturated carbocycles. The molecule has 0 spiro atoms. The number of nitrogens with zero attached hydrogens (tertiary/aromatic N) is 4. The van der Waals surface area contributed by atoms with E-state index in [4.69, 9.17) is 0 Å². The maximum absolute atomic E-state index is 13.1. The number of hydrogen-bond donors (Lipinski definition) is 2. The molecule has 2 aromatic carbocycles. The summed E-state index contributed by atoms with van der Waals surface area (Å²) in [4.78, 5) is 61.9. The second kappa shape index (κ2) is 18.7. The van der Waals surface area contributed by atoms with E-state index in [1.165, 1.54) is 62.5 Å². The van der Waals surface area contributed by atoms with Gasteiger partial charge in [-0.3, -0.25) is 19.4 Å². The molecule has 0 aliphatic carbocycles. The van der Waals surface area contributed by atoms with Crippen molar-refractivity contribution in [1.82, 2.24) is 25.1 Å². The van der Waals surface area contributed by atoms with Gasteiger partial charge in [-0.25, -0.2) is 9.78 Å². The number of carbonyl (C=O) groups excluding carboxylic acids is 3. The van der Waals surface area contributed by atoms with Gasteiger partial charge in [0.25, 0.3) is 11.8 Å². The van der Waals surface area contributed by atoms with E-state index in [0.29, 0.717) is 49.2 Å². The fourth-order valence-electron chi connectivity index (χ4n) is 6.11. The van der Waals surface area contributed by atoms with Gasteiger partial charge in [-0.2, -0.15) is 0 Å². The van der Waals surface area contributed by atoms with Crippen LogP contribution in [0.5, 0.6) is 0 Å². The number of carbonyl (C=O) groups is 4. The molecule has 1 fully saturated rings. The molecule has 2 heterocycles. The normalized spacial score (nSPS) is 13.4. The number of rotatable bonds is 17. The summed E-state index contributed by atoms with van der Waals surface area (Å²) < 4.78 is 0. The van der Waals surface area contributed by atoms with Crippen molar-refractivity contribution in [2.24, 2.45) is 5.92 Å². The summed E-state index contributed by atoms with van der Waals surface area (Å²) in [7, 11) is 0. The van der Waals surface area contributed by atoms with Gasteiger partial charge in [0.05, 0.1) is 17.2 Å². The Balaban J connectivity index is 1.20. The molecule has 1 aromatic heterocycles. The van der Waals surface area contributed by atoms with E-state index in [1.54, 1.807) is 29.2 Å². The number of hydrogen-bond acceptors (Lipinski definition) is 6. The van der Waals surface area contributed by atoms with Gasteiger partial charge in [0.2, 0.25) is 0 Å². The molecule has 1 aliphatic rings. The maximum Gasteiger partial charge on any atom is 0.394 e. The first-order valence-electron chi connectivity index (χ1n) is 17.3. The third kappa shape index (κ3) is 11.2. The van der Waals surface area contributed by atoms with Crippen molar-refractivity contribution in [2.75, 3.05) is 26.2 Å². The fraction of sp³-hybridized carbons (Fsp3) is 0.514. The molecule has 3 amide bonds. The quantitative estimate of drug-likeness (QED) is 0.131. The number of carboxylic acids is 1. The Hall–Kier alpha value is -4.34. The van der Waals surface area contributed by atoms with Crippen LogP contribution in [0.4, 0.5) is 0 Å². The summed E-state index contributed by atoms with van der Waals surface area (Å²) in [6, 6.07) is 14.4. The molecular formula is C37H49N5O5. The minimum Gasteiger partial charge on any atom is -0.474 e. The van der Waals surface area contributed by atoms with Crippen molar-refractivity contribution < 1.29 is 24.3 Å². The van der Waals surface area contributed by atoms with Gasteiger partial charge < -0.3 is 20.2 Å². The number of amides is 3. The predicted octanol–water partition coefficient (Wildman–Crippen LogP) is 6.25. The first-order chi connectivity index (χ1) is 22.9. The average Bonchev–Trinajstić information content (AvgIpc) is 3.10. The average molecular weight is 644 g/mol. The number of para-hydroxylation sites is 2. The Morgan fingerprint density at radius 2 is 1.47 bits per heavy atom. The number of nitrogens with one attached hydrogen (secondary N) is 1. The van der Waals surface area contributed by atoms with Crippen LogP contribution in [0.1, 0.15) is 110 Å². The van der Waals surface area contributed by atoms with Crippen LogP contribution < -0.4 is 5.32 Å². The van der Waals surface area contributed by atoms with Crippen LogP contribution in [0, 0.1) is 5.92 Å². The van der Waals surface area contributed by atoms with Crippen molar-refractivity contribution in [2.45, 2.75) is 90.5 Å². The molecule has 10 nitrogen and oxygen atoms in total. The van der Waals surface area contributed by atoms with E-state index in [1.807, 2.05) is 24.3 Å². The summed E-state index contributed by atoms with van der Waals surface area (Å²) >= 11 is 0. The molecule has 10 heteroatoms. The summed E-state index contributed by atoms with van der Waals surface area (Å²) in [5, 5.41) is 12.5. The lowest BCUT2D eigenvalue weighted by Gasteiger charge is -2.34. The van der Waals surface area contributed by atoms with Crippen molar-refractivity contribution in [3.63, 3.8) is 0 Å². The van der Waals surface area contributed by atoms with Gasteiger partial charge in [-0.1, -0.05) is 89.0 Å². The highest BCUT2D eigenvalue weighted by Gasteiger charge is 2.29. The van der Waals surface area contributed by atoms with E-state index in [2.05, 4.69) is 22.2 Å². The Bertz CT molecular complexity index is 1470. The molecule has 3 aromatic rings. The highest BCUT2D eigenvalue weighted by Crippen LogP contribution is 2.22.